The summed E-state index contributed by atoms with van der Waals surface area (Å²) >= 11 is 1.53. The first kappa shape index (κ1) is 11.5. The fourth-order valence-electron chi connectivity index (χ4n) is 1.33. The molecule has 0 aliphatic heterocycles. The summed E-state index contributed by atoms with van der Waals surface area (Å²) in [5, 5.41) is 3.94. The van der Waals surface area contributed by atoms with Gasteiger partial charge in [0.1, 0.15) is 5.82 Å². The average molecular weight is 239 g/mol. The van der Waals surface area contributed by atoms with Gasteiger partial charge >= 0.3 is 0 Å². The van der Waals surface area contributed by atoms with Crippen LogP contribution in [0.2, 0.25) is 0 Å². The van der Waals surface area contributed by atoms with E-state index in [-0.39, 0.29) is 0 Å². The van der Waals surface area contributed by atoms with Gasteiger partial charge in [0.05, 0.1) is 6.61 Å². The second-order valence-corrected chi connectivity index (χ2v) is 4.64. The van der Waals surface area contributed by atoms with Crippen molar-refractivity contribution in [2.75, 3.05) is 24.7 Å². The molecule has 1 fully saturated rings. The van der Waals surface area contributed by atoms with Gasteiger partial charge in [-0.2, -0.15) is 4.98 Å². The van der Waals surface area contributed by atoms with E-state index in [4.69, 9.17) is 4.74 Å². The Morgan fingerprint density at radius 2 is 2.31 bits per heavy atom. The zero-order valence-corrected chi connectivity index (χ0v) is 10.5. The number of ether oxygens (including phenoxy) is 1. The van der Waals surface area contributed by atoms with Crippen LogP contribution in [0.15, 0.2) is 11.2 Å². The minimum atomic E-state index is 0.683. The zero-order chi connectivity index (χ0) is 11.4. The zero-order valence-electron chi connectivity index (χ0n) is 9.69. The standard InChI is InChI=1S/C11H17N3OS/c1-3-12-9-6-10(14-11(13-9)16-2)15-7-8-4-5-8/h6,8H,3-5,7H2,1-2H3,(H,12,13,14). The van der Waals surface area contributed by atoms with E-state index in [0.717, 1.165) is 30.0 Å². The second-order valence-electron chi connectivity index (χ2n) is 3.86. The first-order valence-electron chi connectivity index (χ1n) is 5.61. The summed E-state index contributed by atoms with van der Waals surface area (Å²) in [5.41, 5.74) is 0. The number of hydrogen-bond acceptors (Lipinski definition) is 5. The van der Waals surface area contributed by atoms with Gasteiger partial charge in [0, 0.05) is 12.6 Å². The second kappa shape index (κ2) is 5.39. The summed E-state index contributed by atoms with van der Waals surface area (Å²) in [4.78, 5) is 8.67. The molecule has 0 atom stereocenters. The Kier molecular flexibility index (Phi) is 3.88. The average Bonchev–Trinajstić information content (AvgIpc) is 3.10. The molecule has 1 N–H and O–H groups in total. The van der Waals surface area contributed by atoms with Crippen molar-refractivity contribution in [2.24, 2.45) is 5.92 Å². The third-order valence-electron chi connectivity index (χ3n) is 2.39. The number of rotatable bonds is 6. The largest absolute Gasteiger partial charge is 0.477 e. The fraction of sp³-hybridized carbons (Fsp3) is 0.636. The molecule has 0 saturated heterocycles. The number of anilines is 1. The molecule has 0 aromatic carbocycles. The van der Waals surface area contributed by atoms with E-state index in [1.807, 2.05) is 19.2 Å². The van der Waals surface area contributed by atoms with Gasteiger partial charge in [-0.15, -0.1) is 0 Å². The number of nitrogens with zero attached hydrogens (tertiary/aromatic N) is 2. The smallest absolute Gasteiger partial charge is 0.219 e. The quantitative estimate of drug-likeness (QED) is 0.610. The van der Waals surface area contributed by atoms with Crippen molar-refractivity contribution >= 4 is 17.6 Å². The van der Waals surface area contributed by atoms with Gasteiger partial charge in [-0.1, -0.05) is 11.8 Å². The number of nitrogens with one attached hydrogen (secondary N) is 1. The molecule has 1 aliphatic rings. The highest BCUT2D eigenvalue weighted by Gasteiger charge is 2.22. The lowest BCUT2D eigenvalue weighted by atomic mass is 10.5. The maximum absolute atomic E-state index is 5.65. The molecule has 1 aliphatic carbocycles. The summed E-state index contributed by atoms with van der Waals surface area (Å²) in [6.07, 6.45) is 4.55. The summed E-state index contributed by atoms with van der Waals surface area (Å²) in [5.74, 6) is 2.27. The molecule has 4 nitrogen and oxygen atoms in total. The lowest BCUT2D eigenvalue weighted by Crippen LogP contribution is -2.05. The van der Waals surface area contributed by atoms with Crippen LogP contribution in [0.5, 0.6) is 5.88 Å². The molecule has 2 rings (SSSR count). The predicted octanol–water partition coefficient (Wildman–Crippen LogP) is 2.42. The Hall–Kier alpha value is -0.970. The molecule has 0 spiro atoms. The third-order valence-corrected chi connectivity index (χ3v) is 2.93. The number of hydrogen-bond donors (Lipinski definition) is 1. The Morgan fingerprint density at radius 1 is 1.50 bits per heavy atom. The van der Waals surface area contributed by atoms with Gasteiger partial charge in [-0.05, 0) is 31.9 Å². The molecule has 0 bridgehead atoms. The van der Waals surface area contributed by atoms with Crippen molar-refractivity contribution in [1.29, 1.82) is 0 Å². The number of thioether (sulfide) groups is 1. The SMILES string of the molecule is CCNc1cc(OCC2CC2)nc(SC)n1. The molecule has 88 valence electrons. The molecule has 0 amide bonds. The molecule has 1 aromatic rings. The molecular formula is C11H17N3OS. The van der Waals surface area contributed by atoms with Gasteiger partial charge in [0.2, 0.25) is 5.88 Å². The van der Waals surface area contributed by atoms with E-state index in [1.54, 1.807) is 0 Å². The monoisotopic (exact) mass is 239 g/mol. The van der Waals surface area contributed by atoms with Gasteiger partial charge in [0.15, 0.2) is 5.16 Å². The van der Waals surface area contributed by atoms with E-state index in [9.17, 15) is 0 Å². The van der Waals surface area contributed by atoms with E-state index < -0.39 is 0 Å². The summed E-state index contributed by atoms with van der Waals surface area (Å²) in [6.45, 7) is 3.69. The third kappa shape index (κ3) is 3.27. The van der Waals surface area contributed by atoms with Crippen molar-refractivity contribution < 1.29 is 4.74 Å². The molecule has 16 heavy (non-hydrogen) atoms. The van der Waals surface area contributed by atoms with Crippen molar-refractivity contribution in [3.8, 4) is 5.88 Å². The molecule has 0 radical (unpaired) electrons. The van der Waals surface area contributed by atoms with E-state index in [2.05, 4.69) is 15.3 Å². The van der Waals surface area contributed by atoms with Crippen LogP contribution in [-0.2, 0) is 0 Å². The topological polar surface area (TPSA) is 47.0 Å². The fourth-order valence-corrected chi connectivity index (χ4v) is 1.70. The predicted molar refractivity (Wildman–Crippen MR) is 66.2 cm³/mol. The highest BCUT2D eigenvalue weighted by molar-refractivity contribution is 7.98. The van der Waals surface area contributed by atoms with Crippen LogP contribution >= 0.6 is 11.8 Å². The maximum Gasteiger partial charge on any atom is 0.219 e. The van der Waals surface area contributed by atoms with Crippen molar-refractivity contribution in [3.05, 3.63) is 6.07 Å². The normalized spacial score (nSPS) is 14.9. The lowest BCUT2D eigenvalue weighted by molar-refractivity contribution is 0.285. The molecular weight excluding hydrogens is 222 g/mol. The summed E-state index contributed by atoms with van der Waals surface area (Å²) in [7, 11) is 0. The molecule has 1 aromatic heterocycles. The molecule has 1 saturated carbocycles. The van der Waals surface area contributed by atoms with Crippen LogP contribution in [0.1, 0.15) is 19.8 Å². The molecule has 5 heteroatoms. The van der Waals surface area contributed by atoms with Crippen LogP contribution in [-0.4, -0.2) is 29.4 Å². The van der Waals surface area contributed by atoms with Crippen LogP contribution in [0.3, 0.4) is 0 Å². The molecule has 1 heterocycles. The van der Waals surface area contributed by atoms with Crippen molar-refractivity contribution in [1.82, 2.24) is 9.97 Å². The van der Waals surface area contributed by atoms with Crippen LogP contribution in [0.4, 0.5) is 5.82 Å². The highest BCUT2D eigenvalue weighted by atomic mass is 32.2. The van der Waals surface area contributed by atoms with Crippen LogP contribution in [0.25, 0.3) is 0 Å². The van der Waals surface area contributed by atoms with Crippen LogP contribution < -0.4 is 10.1 Å². The Bertz CT molecular complexity index is 355. The number of aromatic nitrogens is 2. The minimum Gasteiger partial charge on any atom is -0.477 e. The summed E-state index contributed by atoms with van der Waals surface area (Å²) in [6, 6.07) is 1.87. The Morgan fingerprint density at radius 3 is 2.94 bits per heavy atom. The minimum absolute atomic E-state index is 0.683. The van der Waals surface area contributed by atoms with Gasteiger partial charge in [0.25, 0.3) is 0 Å². The van der Waals surface area contributed by atoms with E-state index in [0.29, 0.717) is 5.88 Å². The molecule has 0 unspecified atom stereocenters. The van der Waals surface area contributed by atoms with Gasteiger partial charge in [-0.3, -0.25) is 0 Å². The lowest BCUT2D eigenvalue weighted by Gasteiger charge is -2.08. The van der Waals surface area contributed by atoms with E-state index in [1.165, 1.54) is 24.6 Å². The van der Waals surface area contributed by atoms with Gasteiger partial charge < -0.3 is 10.1 Å². The maximum atomic E-state index is 5.65. The Balaban J connectivity index is 2.04. The van der Waals surface area contributed by atoms with Crippen molar-refractivity contribution in [2.45, 2.75) is 24.9 Å². The highest BCUT2D eigenvalue weighted by Crippen LogP contribution is 2.29. The Labute approximate surface area is 100 Å². The van der Waals surface area contributed by atoms with Crippen LogP contribution in [0, 0.1) is 5.92 Å². The first-order chi connectivity index (χ1) is 7.81. The van der Waals surface area contributed by atoms with Gasteiger partial charge in [-0.25, -0.2) is 4.98 Å². The van der Waals surface area contributed by atoms with Crippen molar-refractivity contribution in [3.63, 3.8) is 0 Å². The summed E-state index contributed by atoms with van der Waals surface area (Å²) < 4.78 is 5.65. The van der Waals surface area contributed by atoms with E-state index >= 15 is 0 Å². The first-order valence-corrected chi connectivity index (χ1v) is 6.84.